The third-order valence-electron chi connectivity index (χ3n) is 6.02. The highest BCUT2D eigenvalue weighted by Crippen LogP contribution is 2.55. The van der Waals surface area contributed by atoms with Gasteiger partial charge in [0.2, 0.25) is 0 Å². The summed E-state index contributed by atoms with van der Waals surface area (Å²) in [5, 5.41) is 6.36. The molecule has 0 spiro atoms. The molecule has 0 heterocycles. The monoisotopic (exact) mass is 621 g/mol. The third kappa shape index (κ3) is 6.73. The molecular formula is C31H29INO3P. The van der Waals surface area contributed by atoms with Gasteiger partial charge in [0.1, 0.15) is 35.9 Å². The molecule has 6 heteroatoms. The van der Waals surface area contributed by atoms with E-state index in [1.165, 1.54) is 6.08 Å². The molecule has 0 radical (unpaired) electrons. The summed E-state index contributed by atoms with van der Waals surface area (Å²) in [4.78, 5) is 26.6. The van der Waals surface area contributed by atoms with E-state index in [0.29, 0.717) is 11.7 Å². The maximum Gasteiger partial charge on any atom is 0.332 e. The summed E-state index contributed by atoms with van der Waals surface area (Å²) < 4.78 is 5.49. The molecule has 0 fully saturated rings. The molecule has 4 rings (SSSR count). The molecule has 0 aliphatic rings. The summed E-state index contributed by atoms with van der Waals surface area (Å²) in [6.07, 6.45) is 1.90. The van der Waals surface area contributed by atoms with E-state index < -0.39 is 19.3 Å². The van der Waals surface area contributed by atoms with Gasteiger partial charge in [-0.1, -0.05) is 85.5 Å². The first-order valence-corrected chi connectivity index (χ1v) is 13.8. The Bertz CT molecular complexity index is 1190. The first kappa shape index (κ1) is 28.3. The topological polar surface area (TPSA) is 55.4 Å². The Balaban J connectivity index is 0.00000380. The molecule has 188 valence electrons. The van der Waals surface area contributed by atoms with Gasteiger partial charge in [-0.15, -0.1) is 0 Å². The molecule has 4 aromatic carbocycles. The van der Waals surface area contributed by atoms with Crippen LogP contribution < -0.4 is 45.2 Å². The van der Waals surface area contributed by atoms with Crippen LogP contribution in [0, 0.1) is 0 Å². The number of carbonyl (C=O) groups excluding carboxylic acids is 2. The Hall–Kier alpha value is -3.28. The van der Waals surface area contributed by atoms with Gasteiger partial charge in [0.15, 0.2) is 6.04 Å². The summed E-state index contributed by atoms with van der Waals surface area (Å²) >= 11 is 0. The van der Waals surface area contributed by atoms with E-state index >= 15 is 0 Å². The fourth-order valence-electron chi connectivity index (χ4n) is 4.34. The molecule has 0 aliphatic heterocycles. The lowest BCUT2D eigenvalue weighted by atomic mass is 10.2. The lowest BCUT2D eigenvalue weighted by Gasteiger charge is -2.30. The van der Waals surface area contributed by atoms with Gasteiger partial charge in [0, 0.05) is 5.56 Å². The van der Waals surface area contributed by atoms with Crippen molar-refractivity contribution in [3.8, 4) is 0 Å². The van der Waals surface area contributed by atoms with Gasteiger partial charge < -0.3 is 34.0 Å². The third-order valence-corrected chi connectivity index (χ3v) is 10.5. The van der Waals surface area contributed by atoms with Crippen LogP contribution in [0.4, 0.5) is 0 Å². The smallest absolute Gasteiger partial charge is 0.332 e. The van der Waals surface area contributed by atoms with Crippen LogP contribution in [0.1, 0.15) is 10.4 Å². The van der Waals surface area contributed by atoms with Gasteiger partial charge in [-0.2, -0.15) is 0 Å². The van der Waals surface area contributed by atoms with E-state index in [0.717, 1.165) is 15.9 Å². The predicted molar refractivity (Wildman–Crippen MR) is 149 cm³/mol. The molecule has 1 atom stereocenters. The van der Waals surface area contributed by atoms with Crippen molar-refractivity contribution >= 4 is 35.1 Å². The highest BCUT2D eigenvalue weighted by Gasteiger charge is 2.49. The molecular weight excluding hydrogens is 592 g/mol. The Labute approximate surface area is 236 Å². The van der Waals surface area contributed by atoms with E-state index in [9.17, 15) is 9.59 Å². The zero-order chi connectivity index (χ0) is 25.2. The van der Waals surface area contributed by atoms with Crippen LogP contribution in [0.15, 0.2) is 134 Å². The summed E-state index contributed by atoms with van der Waals surface area (Å²) in [5.41, 5.74) is 0.488. The highest BCUT2D eigenvalue weighted by atomic mass is 127. The van der Waals surface area contributed by atoms with Gasteiger partial charge in [0.05, 0.1) is 0 Å². The van der Waals surface area contributed by atoms with Crippen molar-refractivity contribution < 1.29 is 38.3 Å². The number of carbonyl (C=O) groups is 2. The zero-order valence-electron chi connectivity index (χ0n) is 20.4. The number of amides is 1. The summed E-state index contributed by atoms with van der Waals surface area (Å²) in [6, 6.07) is 38.8. The van der Waals surface area contributed by atoms with Crippen molar-refractivity contribution in [2.75, 3.05) is 12.8 Å². The average molecular weight is 621 g/mol. The fraction of sp³-hybridized carbons (Fsp3) is 0.0968. The molecule has 0 saturated heterocycles. The molecule has 0 aromatic heterocycles. The van der Waals surface area contributed by atoms with Gasteiger partial charge in [-0.25, -0.2) is 4.79 Å². The molecule has 4 nitrogen and oxygen atoms in total. The quantitative estimate of drug-likeness (QED) is 0.127. The summed E-state index contributed by atoms with van der Waals surface area (Å²) in [7, 11) is -2.38. The maximum absolute atomic E-state index is 13.4. The molecule has 4 aromatic rings. The first-order valence-electron chi connectivity index (χ1n) is 11.8. The summed E-state index contributed by atoms with van der Waals surface area (Å²) in [6.45, 7) is 3.73. The zero-order valence-corrected chi connectivity index (χ0v) is 23.4. The molecule has 0 bridgehead atoms. The van der Waals surface area contributed by atoms with Gasteiger partial charge in [-0.3, -0.25) is 4.79 Å². The number of benzene rings is 4. The van der Waals surface area contributed by atoms with Crippen LogP contribution in [-0.2, 0) is 9.53 Å². The van der Waals surface area contributed by atoms with Crippen molar-refractivity contribution in [3.63, 3.8) is 0 Å². The fourth-order valence-corrected chi connectivity index (χ4v) is 8.69. The van der Waals surface area contributed by atoms with Gasteiger partial charge >= 0.3 is 5.97 Å². The Kier molecular flexibility index (Phi) is 10.6. The maximum atomic E-state index is 13.4. The van der Waals surface area contributed by atoms with Crippen LogP contribution in [0.5, 0.6) is 0 Å². The van der Waals surface area contributed by atoms with E-state index in [1.54, 1.807) is 24.3 Å². The molecule has 1 amide bonds. The lowest BCUT2D eigenvalue weighted by molar-refractivity contribution is -0.144. The second-order valence-corrected chi connectivity index (χ2v) is 11.8. The van der Waals surface area contributed by atoms with E-state index in [2.05, 4.69) is 48.3 Å². The summed E-state index contributed by atoms with van der Waals surface area (Å²) in [5.74, 6) is -0.796. The number of hydrogen-bond acceptors (Lipinski definition) is 3. The molecule has 1 N–H and O–H groups in total. The van der Waals surface area contributed by atoms with Crippen molar-refractivity contribution in [2.45, 2.75) is 6.04 Å². The van der Waals surface area contributed by atoms with Crippen molar-refractivity contribution in [1.29, 1.82) is 0 Å². The van der Waals surface area contributed by atoms with Gasteiger partial charge in [0.25, 0.3) is 5.91 Å². The lowest BCUT2D eigenvalue weighted by Crippen LogP contribution is -3.00. The van der Waals surface area contributed by atoms with E-state index in [4.69, 9.17) is 4.74 Å². The normalized spacial score (nSPS) is 11.5. The number of hydrogen-bond donors (Lipinski definition) is 1. The first-order chi connectivity index (χ1) is 17.6. The number of ether oxygens (including phenoxy) is 1. The number of rotatable bonds is 10. The van der Waals surface area contributed by atoms with E-state index in [1.807, 2.05) is 60.7 Å². The minimum atomic E-state index is -2.38. The number of halogens is 1. The highest BCUT2D eigenvalue weighted by molar-refractivity contribution is 7.95. The van der Waals surface area contributed by atoms with Crippen LogP contribution in [-0.4, -0.2) is 30.7 Å². The van der Waals surface area contributed by atoms with Crippen LogP contribution in [0.3, 0.4) is 0 Å². The van der Waals surface area contributed by atoms with E-state index in [-0.39, 0.29) is 36.5 Å². The van der Waals surface area contributed by atoms with Crippen molar-refractivity contribution in [1.82, 2.24) is 5.32 Å². The van der Waals surface area contributed by atoms with Crippen LogP contribution in [0.25, 0.3) is 0 Å². The Morgan fingerprint density at radius 1 is 0.730 bits per heavy atom. The second-order valence-electron chi connectivity index (χ2n) is 8.31. The molecule has 37 heavy (non-hydrogen) atoms. The average Bonchev–Trinajstić information content (AvgIpc) is 2.95. The second kappa shape index (κ2) is 13.9. The SMILES string of the molecule is C=CCOC(=O)[C@@H](C[P+](c1ccccc1)(c1ccccc1)c1ccccc1)NC(=O)c1ccccc1.[I-]. The Morgan fingerprint density at radius 3 is 1.54 bits per heavy atom. The molecule has 0 saturated carbocycles. The van der Waals surface area contributed by atoms with Crippen LogP contribution in [0.2, 0.25) is 0 Å². The number of nitrogens with one attached hydrogen (secondary N) is 1. The molecule has 0 aliphatic carbocycles. The van der Waals surface area contributed by atoms with Crippen molar-refractivity contribution in [3.05, 3.63) is 140 Å². The minimum absolute atomic E-state index is 0. The minimum Gasteiger partial charge on any atom is -1.00 e. The van der Waals surface area contributed by atoms with Gasteiger partial charge in [-0.05, 0) is 48.5 Å². The number of esters is 1. The Morgan fingerprint density at radius 2 is 1.14 bits per heavy atom. The predicted octanol–water partition coefficient (Wildman–Crippen LogP) is 1.51. The van der Waals surface area contributed by atoms with Crippen molar-refractivity contribution in [2.24, 2.45) is 0 Å². The molecule has 0 unspecified atom stereocenters. The van der Waals surface area contributed by atoms with Crippen LogP contribution >= 0.6 is 7.26 Å². The standard InChI is InChI=1S/C31H28NO3P.HI/c1-2-23-35-31(34)29(32-30(33)25-15-7-3-8-16-25)24-36(26-17-9-4-10-18-26,27-19-11-5-12-20-27)28-21-13-6-14-22-28;/h2-22,29H,1,23-24H2;1H/t29-;/m1./s1. The largest absolute Gasteiger partial charge is 1.00 e.